The number of hydrogen-bond acceptors (Lipinski definition) is 4. The van der Waals surface area contributed by atoms with E-state index in [9.17, 15) is 4.79 Å². The molecule has 33 heavy (non-hydrogen) atoms. The molecule has 1 aliphatic rings. The summed E-state index contributed by atoms with van der Waals surface area (Å²) in [6.07, 6.45) is 5.37. The minimum atomic E-state index is -0.135. The van der Waals surface area contributed by atoms with Gasteiger partial charge in [0.1, 0.15) is 11.6 Å². The second-order valence-corrected chi connectivity index (χ2v) is 8.88. The lowest BCUT2D eigenvalue weighted by Gasteiger charge is -2.17. The highest BCUT2D eigenvalue weighted by atomic mass is 16.1. The summed E-state index contributed by atoms with van der Waals surface area (Å²) in [5, 5.41) is 5.98. The van der Waals surface area contributed by atoms with Crippen LogP contribution in [0, 0.1) is 5.92 Å². The van der Waals surface area contributed by atoms with Crippen molar-refractivity contribution in [2.75, 3.05) is 7.05 Å². The molecule has 0 saturated carbocycles. The first kappa shape index (κ1) is 21.2. The van der Waals surface area contributed by atoms with Gasteiger partial charge in [-0.2, -0.15) is 0 Å². The van der Waals surface area contributed by atoms with E-state index in [0.717, 1.165) is 53.5 Å². The summed E-state index contributed by atoms with van der Waals surface area (Å²) in [6.45, 7) is 4.85. The van der Waals surface area contributed by atoms with Crippen LogP contribution in [-0.2, 0) is 17.8 Å². The van der Waals surface area contributed by atoms with Crippen LogP contribution in [-0.4, -0.2) is 33.4 Å². The molecule has 1 aliphatic carbocycles. The topological polar surface area (TPSA) is 98.5 Å². The molecule has 0 saturated heterocycles. The van der Waals surface area contributed by atoms with E-state index in [2.05, 4.69) is 80.8 Å². The molecule has 4 N–H and O–H groups in total. The highest BCUT2D eigenvalue weighted by molar-refractivity contribution is 5.81. The maximum atomic E-state index is 11.0. The third kappa shape index (κ3) is 3.96. The highest BCUT2D eigenvalue weighted by Crippen LogP contribution is 2.40. The van der Waals surface area contributed by atoms with E-state index in [1.165, 1.54) is 22.3 Å². The Morgan fingerprint density at radius 2 is 1.61 bits per heavy atom. The van der Waals surface area contributed by atoms with E-state index in [4.69, 9.17) is 0 Å². The summed E-state index contributed by atoms with van der Waals surface area (Å²) >= 11 is 0. The molecule has 1 unspecified atom stereocenters. The molecule has 0 aliphatic heterocycles. The number of imidazole rings is 2. The van der Waals surface area contributed by atoms with Crippen molar-refractivity contribution in [3.05, 3.63) is 71.6 Å². The van der Waals surface area contributed by atoms with Crippen LogP contribution >= 0.6 is 0 Å². The zero-order valence-electron chi connectivity index (χ0n) is 19.1. The first-order valence-corrected chi connectivity index (χ1v) is 11.3. The van der Waals surface area contributed by atoms with Crippen LogP contribution < -0.4 is 10.6 Å². The second kappa shape index (κ2) is 8.67. The fourth-order valence-corrected chi connectivity index (χ4v) is 4.61. The van der Waals surface area contributed by atoms with Gasteiger partial charge in [0.15, 0.2) is 0 Å². The third-order valence-electron chi connectivity index (χ3n) is 6.28. The highest BCUT2D eigenvalue weighted by Gasteiger charge is 2.22. The molecule has 2 aromatic heterocycles. The van der Waals surface area contributed by atoms with Gasteiger partial charge in [-0.3, -0.25) is 4.79 Å². The number of hydrogen-bond donors (Lipinski definition) is 4. The second-order valence-electron chi connectivity index (χ2n) is 8.88. The Morgan fingerprint density at radius 3 is 2.21 bits per heavy atom. The Bertz CT molecular complexity index is 1300. The molecule has 5 rings (SSSR count). The maximum absolute atomic E-state index is 11.0. The third-order valence-corrected chi connectivity index (χ3v) is 6.28. The fraction of sp³-hybridized carbons (Fsp3) is 0.269. The van der Waals surface area contributed by atoms with Crippen molar-refractivity contribution in [1.29, 1.82) is 0 Å². The van der Waals surface area contributed by atoms with Crippen LogP contribution in [0.2, 0.25) is 0 Å². The molecule has 0 spiro atoms. The number of fused-ring (bicyclic) bond motifs is 3. The summed E-state index contributed by atoms with van der Waals surface area (Å²) in [4.78, 5) is 26.8. The van der Waals surface area contributed by atoms with Crippen molar-refractivity contribution in [2.45, 2.75) is 32.9 Å². The van der Waals surface area contributed by atoms with Gasteiger partial charge in [0.25, 0.3) is 0 Å². The predicted octanol–water partition coefficient (Wildman–Crippen LogP) is 4.20. The number of benzene rings is 2. The van der Waals surface area contributed by atoms with Crippen LogP contribution in [0.3, 0.4) is 0 Å². The summed E-state index contributed by atoms with van der Waals surface area (Å²) < 4.78 is 0. The molecule has 168 valence electrons. The number of aromatic nitrogens is 4. The average molecular weight is 441 g/mol. The molecule has 4 aromatic rings. The standard InChI is InChI=1S/C26H28N6O/c1-15(2)25(30-14-33)26-29-12-23(32-26)17-5-7-21-19(9-17)10-18-8-16(4-6-20(18)21)22-11-28-24(31-22)13-27-3/h4-9,11-12,14-15,25,27H,10,13H2,1-3H3,(H,28,31)(H,29,32)(H,30,33). The van der Waals surface area contributed by atoms with E-state index in [1.54, 1.807) is 0 Å². The van der Waals surface area contributed by atoms with Crippen molar-refractivity contribution < 1.29 is 4.79 Å². The van der Waals surface area contributed by atoms with Gasteiger partial charge >= 0.3 is 0 Å². The smallest absolute Gasteiger partial charge is 0.207 e. The molecule has 1 atom stereocenters. The SMILES string of the molecule is CNCc1ncc(-c2ccc3c(c2)Cc2cc(-c4cnc(C(NC=O)C(C)C)[nH]4)ccc2-3)[nH]1. The van der Waals surface area contributed by atoms with Crippen LogP contribution in [0.5, 0.6) is 0 Å². The van der Waals surface area contributed by atoms with Gasteiger partial charge in [0.05, 0.1) is 36.4 Å². The molecule has 0 fully saturated rings. The molecular weight excluding hydrogens is 412 g/mol. The van der Waals surface area contributed by atoms with Crippen molar-refractivity contribution in [2.24, 2.45) is 5.92 Å². The zero-order chi connectivity index (χ0) is 22.9. The Hall–Kier alpha value is -3.71. The minimum absolute atomic E-state index is 0.135. The number of H-pyrrole nitrogens is 2. The van der Waals surface area contributed by atoms with Crippen molar-refractivity contribution >= 4 is 6.41 Å². The number of aromatic amines is 2. The predicted molar refractivity (Wildman–Crippen MR) is 129 cm³/mol. The summed E-state index contributed by atoms with van der Waals surface area (Å²) in [5.74, 6) is 1.95. The number of rotatable bonds is 8. The quantitative estimate of drug-likeness (QED) is 0.272. The molecular formula is C26H28N6O. The van der Waals surface area contributed by atoms with E-state index in [0.29, 0.717) is 0 Å². The van der Waals surface area contributed by atoms with Gasteiger partial charge in [-0.1, -0.05) is 38.1 Å². The van der Waals surface area contributed by atoms with Gasteiger partial charge in [-0.15, -0.1) is 0 Å². The van der Waals surface area contributed by atoms with E-state index in [-0.39, 0.29) is 12.0 Å². The molecule has 0 bridgehead atoms. The number of carbonyl (C=O) groups excluding carboxylic acids is 1. The van der Waals surface area contributed by atoms with Crippen molar-refractivity contribution in [3.8, 4) is 33.6 Å². The largest absolute Gasteiger partial charge is 0.348 e. The van der Waals surface area contributed by atoms with Crippen LogP contribution in [0.25, 0.3) is 33.6 Å². The molecule has 2 heterocycles. The van der Waals surface area contributed by atoms with Gasteiger partial charge in [0, 0.05) is 0 Å². The van der Waals surface area contributed by atoms with Gasteiger partial charge in [0.2, 0.25) is 6.41 Å². The number of nitrogens with zero attached hydrogens (tertiary/aromatic N) is 2. The van der Waals surface area contributed by atoms with Gasteiger partial charge in [-0.25, -0.2) is 9.97 Å². The average Bonchev–Trinajstić information content (AvgIpc) is 3.54. The van der Waals surface area contributed by atoms with Crippen molar-refractivity contribution in [1.82, 2.24) is 30.6 Å². The summed E-state index contributed by atoms with van der Waals surface area (Å²) in [6, 6.07) is 13.1. The van der Waals surface area contributed by atoms with Crippen molar-refractivity contribution in [3.63, 3.8) is 0 Å². The monoisotopic (exact) mass is 440 g/mol. The van der Waals surface area contributed by atoms with Crippen LogP contribution in [0.4, 0.5) is 0 Å². The molecule has 2 aromatic carbocycles. The number of nitrogens with one attached hydrogen (secondary N) is 4. The number of amides is 1. The van der Waals surface area contributed by atoms with Crippen LogP contribution in [0.15, 0.2) is 48.8 Å². The lowest BCUT2D eigenvalue weighted by atomic mass is 10.0. The fourth-order valence-electron chi connectivity index (χ4n) is 4.61. The van der Waals surface area contributed by atoms with Crippen LogP contribution in [0.1, 0.15) is 42.7 Å². The minimum Gasteiger partial charge on any atom is -0.348 e. The molecule has 1 amide bonds. The molecule has 7 nitrogen and oxygen atoms in total. The maximum Gasteiger partial charge on any atom is 0.207 e. The Kier molecular flexibility index (Phi) is 5.56. The normalized spacial score (nSPS) is 13.1. The first-order chi connectivity index (χ1) is 16.1. The lowest BCUT2D eigenvalue weighted by Crippen LogP contribution is -2.25. The Morgan fingerprint density at radius 1 is 0.970 bits per heavy atom. The summed E-state index contributed by atoms with van der Waals surface area (Å²) in [5.41, 5.74) is 9.44. The number of carbonyl (C=O) groups is 1. The van der Waals surface area contributed by atoms with Gasteiger partial charge in [-0.05, 0) is 64.9 Å². The first-order valence-electron chi connectivity index (χ1n) is 11.3. The molecule has 0 radical (unpaired) electrons. The van der Waals surface area contributed by atoms with E-state index in [1.807, 2.05) is 19.4 Å². The van der Waals surface area contributed by atoms with E-state index >= 15 is 0 Å². The van der Waals surface area contributed by atoms with Gasteiger partial charge < -0.3 is 20.6 Å². The van der Waals surface area contributed by atoms with E-state index < -0.39 is 0 Å². The Balaban J connectivity index is 1.41. The lowest BCUT2D eigenvalue weighted by molar-refractivity contribution is -0.110. The zero-order valence-corrected chi connectivity index (χ0v) is 19.1. The Labute approximate surface area is 193 Å². The summed E-state index contributed by atoms with van der Waals surface area (Å²) in [7, 11) is 1.91. The molecule has 7 heteroatoms.